The van der Waals surface area contributed by atoms with Gasteiger partial charge in [0.2, 0.25) is 0 Å². The standard InChI is InChI=1S/C11H26N2O2/c1-4-5-6-12-7-8-13-9-11(15-3)10-14-2/h11-13H,4-10H2,1-3H3. The Hall–Kier alpha value is -0.160. The molecule has 0 amide bonds. The van der Waals surface area contributed by atoms with Crippen molar-refractivity contribution in [2.75, 3.05) is 47.0 Å². The van der Waals surface area contributed by atoms with Gasteiger partial charge in [-0.2, -0.15) is 0 Å². The molecule has 92 valence electrons. The van der Waals surface area contributed by atoms with Crippen molar-refractivity contribution >= 4 is 0 Å². The second kappa shape index (κ2) is 11.9. The molecule has 0 aromatic carbocycles. The summed E-state index contributed by atoms with van der Waals surface area (Å²) < 4.78 is 10.3. The van der Waals surface area contributed by atoms with E-state index in [2.05, 4.69) is 17.6 Å². The van der Waals surface area contributed by atoms with Crippen molar-refractivity contribution in [2.45, 2.75) is 25.9 Å². The Labute approximate surface area is 93.7 Å². The normalized spacial score (nSPS) is 13.0. The summed E-state index contributed by atoms with van der Waals surface area (Å²) in [7, 11) is 3.41. The van der Waals surface area contributed by atoms with Crippen LogP contribution in [0.1, 0.15) is 19.8 Å². The number of ether oxygens (including phenoxy) is 2. The summed E-state index contributed by atoms with van der Waals surface area (Å²) in [6.45, 7) is 6.81. The highest BCUT2D eigenvalue weighted by Crippen LogP contribution is 1.87. The SMILES string of the molecule is CCCCNCCNCC(COC)OC. The molecular formula is C11H26N2O2. The molecule has 0 bridgehead atoms. The van der Waals surface area contributed by atoms with Crippen LogP contribution in [0, 0.1) is 0 Å². The van der Waals surface area contributed by atoms with E-state index in [4.69, 9.17) is 9.47 Å². The Bertz CT molecular complexity index is 123. The summed E-state index contributed by atoms with van der Waals surface area (Å²) in [5.74, 6) is 0. The molecule has 0 radical (unpaired) electrons. The maximum Gasteiger partial charge on any atom is 0.0928 e. The van der Waals surface area contributed by atoms with Crippen LogP contribution in [0.3, 0.4) is 0 Å². The number of hydrogen-bond acceptors (Lipinski definition) is 4. The molecule has 0 aromatic heterocycles. The van der Waals surface area contributed by atoms with Gasteiger partial charge in [-0.25, -0.2) is 0 Å². The van der Waals surface area contributed by atoms with E-state index in [1.165, 1.54) is 12.8 Å². The van der Waals surface area contributed by atoms with Gasteiger partial charge in [0.25, 0.3) is 0 Å². The fourth-order valence-electron chi connectivity index (χ4n) is 1.26. The molecule has 0 aliphatic rings. The molecule has 0 aliphatic heterocycles. The summed E-state index contributed by atoms with van der Waals surface area (Å²) in [5, 5.41) is 6.71. The van der Waals surface area contributed by atoms with Crippen LogP contribution < -0.4 is 10.6 Å². The lowest BCUT2D eigenvalue weighted by Gasteiger charge is -2.15. The number of unbranched alkanes of at least 4 members (excludes halogenated alkanes) is 1. The highest BCUT2D eigenvalue weighted by molar-refractivity contribution is 4.61. The van der Waals surface area contributed by atoms with Gasteiger partial charge in [0, 0.05) is 33.9 Å². The van der Waals surface area contributed by atoms with Gasteiger partial charge in [-0.3, -0.25) is 0 Å². The number of rotatable bonds is 11. The summed E-state index contributed by atoms with van der Waals surface area (Å²) in [6.07, 6.45) is 2.66. The molecular weight excluding hydrogens is 192 g/mol. The first-order valence-corrected chi connectivity index (χ1v) is 5.78. The smallest absolute Gasteiger partial charge is 0.0928 e. The van der Waals surface area contributed by atoms with Gasteiger partial charge in [0.1, 0.15) is 0 Å². The van der Waals surface area contributed by atoms with Gasteiger partial charge < -0.3 is 20.1 Å². The predicted octanol–water partition coefficient (Wildman–Crippen LogP) is 0.627. The van der Waals surface area contributed by atoms with Crippen LogP contribution in [0.15, 0.2) is 0 Å². The third-order valence-electron chi connectivity index (χ3n) is 2.24. The zero-order valence-electron chi connectivity index (χ0n) is 10.3. The molecule has 0 rings (SSSR count). The van der Waals surface area contributed by atoms with Crippen LogP contribution in [0.4, 0.5) is 0 Å². The molecule has 4 heteroatoms. The van der Waals surface area contributed by atoms with E-state index in [0.29, 0.717) is 6.61 Å². The summed E-state index contributed by atoms with van der Waals surface area (Å²) in [6, 6.07) is 0. The quantitative estimate of drug-likeness (QED) is 0.499. The molecule has 15 heavy (non-hydrogen) atoms. The zero-order valence-corrected chi connectivity index (χ0v) is 10.3. The van der Waals surface area contributed by atoms with Crippen molar-refractivity contribution in [1.29, 1.82) is 0 Å². The van der Waals surface area contributed by atoms with Gasteiger partial charge in [-0.15, -0.1) is 0 Å². The van der Waals surface area contributed by atoms with Crippen molar-refractivity contribution in [1.82, 2.24) is 10.6 Å². The lowest BCUT2D eigenvalue weighted by molar-refractivity contribution is 0.0291. The van der Waals surface area contributed by atoms with Crippen molar-refractivity contribution in [3.8, 4) is 0 Å². The van der Waals surface area contributed by atoms with Gasteiger partial charge in [0.15, 0.2) is 0 Å². The monoisotopic (exact) mass is 218 g/mol. The van der Waals surface area contributed by atoms with Crippen molar-refractivity contribution in [2.24, 2.45) is 0 Å². The van der Waals surface area contributed by atoms with E-state index in [0.717, 1.165) is 26.2 Å². The van der Waals surface area contributed by atoms with Gasteiger partial charge >= 0.3 is 0 Å². The maximum atomic E-state index is 5.23. The Morgan fingerprint density at radius 3 is 2.40 bits per heavy atom. The van der Waals surface area contributed by atoms with Crippen molar-refractivity contribution in [3.05, 3.63) is 0 Å². The number of methoxy groups -OCH3 is 2. The van der Waals surface area contributed by atoms with Gasteiger partial charge in [-0.05, 0) is 13.0 Å². The molecule has 0 aliphatic carbocycles. The molecule has 0 aromatic rings. The van der Waals surface area contributed by atoms with Gasteiger partial charge in [0.05, 0.1) is 12.7 Å². The van der Waals surface area contributed by atoms with E-state index < -0.39 is 0 Å². The molecule has 0 saturated carbocycles. The van der Waals surface area contributed by atoms with Crippen molar-refractivity contribution in [3.63, 3.8) is 0 Å². The number of hydrogen-bond donors (Lipinski definition) is 2. The highest BCUT2D eigenvalue weighted by Gasteiger charge is 2.04. The van der Waals surface area contributed by atoms with Gasteiger partial charge in [-0.1, -0.05) is 13.3 Å². The first-order valence-electron chi connectivity index (χ1n) is 5.78. The Morgan fingerprint density at radius 2 is 1.80 bits per heavy atom. The second-order valence-electron chi connectivity index (χ2n) is 3.62. The number of nitrogens with one attached hydrogen (secondary N) is 2. The third kappa shape index (κ3) is 10.1. The predicted molar refractivity (Wildman–Crippen MR) is 63.3 cm³/mol. The topological polar surface area (TPSA) is 42.5 Å². The first-order chi connectivity index (χ1) is 7.35. The fraction of sp³-hybridized carbons (Fsp3) is 1.00. The second-order valence-corrected chi connectivity index (χ2v) is 3.62. The Morgan fingerprint density at radius 1 is 1.07 bits per heavy atom. The van der Waals surface area contributed by atoms with E-state index in [9.17, 15) is 0 Å². The van der Waals surface area contributed by atoms with Crippen molar-refractivity contribution < 1.29 is 9.47 Å². The largest absolute Gasteiger partial charge is 0.382 e. The molecule has 0 fully saturated rings. The average Bonchev–Trinajstić information content (AvgIpc) is 2.26. The van der Waals surface area contributed by atoms with Crippen LogP contribution >= 0.6 is 0 Å². The minimum atomic E-state index is 0.158. The highest BCUT2D eigenvalue weighted by atomic mass is 16.5. The summed E-state index contributed by atoms with van der Waals surface area (Å²) >= 11 is 0. The molecule has 1 atom stereocenters. The van der Waals surface area contributed by atoms with Crippen LogP contribution in [0.5, 0.6) is 0 Å². The summed E-state index contributed by atoms with van der Waals surface area (Å²) in [4.78, 5) is 0. The lowest BCUT2D eigenvalue weighted by atomic mass is 10.3. The Balaban J connectivity index is 3.14. The lowest BCUT2D eigenvalue weighted by Crippen LogP contribution is -2.35. The Kier molecular flexibility index (Phi) is 11.8. The van der Waals surface area contributed by atoms with E-state index in [1.807, 2.05) is 0 Å². The van der Waals surface area contributed by atoms with E-state index >= 15 is 0 Å². The third-order valence-corrected chi connectivity index (χ3v) is 2.24. The van der Waals surface area contributed by atoms with E-state index in [1.54, 1.807) is 14.2 Å². The molecule has 0 heterocycles. The van der Waals surface area contributed by atoms with Crippen LogP contribution in [-0.4, -0.2) is 53.1 Å². The van der Waals surface area contributed by atoms with Crippen LogP contribution in [-0.2, 0) is 9.47 Å². The minimum absolute atomic E-state index is 0.158. The zero-order chi connectivity index (χ0) is 11.4. The van der Waals surface area contributed by atoms with Crippen LogP contribution in [0.2, 0.25) is 0 Å². The van der Waals surface area contributed by atoms with Crippen LogP contribution in [0.25, 0.3) is 0 Å². The molecule has 0 spiro atoms. The molecule has 1 unspecified atom stereocenters. The maximum absolute atomic E-state index is 5.23. The van der Waals surface area contributed by atoms with E-state index in [-0.39, 0.29) is 6.10 Å². The molecule has 2 N–H and O–H groups in total. The first kappa shape index (κ1) is 14.8. The average molecular weight is 218 g/mol. The summed E-state index contributed by atoms with van der Waals surface area (Å²) in [5.41, 5.74) is 0. The minimum Gasteiger partial charge on any atom is -0.382 e. The molecule has 0 saturated heterocycles. The fourth-order valence-corrected chi connectivity index (χ4v) is 1.26. The molecule has 4 nitrogen and oxygen atoms in total.